The summed E-state index contributed by atoms with van der Waals surface area (Å²) in [7, 11) is 1.31. The van der Waals surface area contributed by atoms with Gasteiger partial charge in [-0.25, -0.2) is 0 Å². The van der Waals surface area contributed by atoms with E-state index in [-0.39, 0.29) is 6.61 Å². The van der Waals surface area contributed by atoms with Crippen molar-refractivity contribution in [1.82, 2.24) is 4.98 Å². The third-order valence-corrected chi connectivity index (χ3v) is 1.23. The molecule has 1 aromatic heterocycles. The van der Waals surface area contributed by atoms with Crippen LogP contribution in [0.1, 0.15) is 11.3 Å². The van der Waals surface area contributed by atoms with E-state index < -0.39 is 0 Å². The Kier molecular flexibility index (Phi) is 6.45. The number of methoxy groups -OCH3 is 1. The van der Waals surface area contributed by atoms with Crippen molar-refractivity contribution in [2.45, 2.75) is 13.5 Å². The molecule has 0 saturated carbocycles. The summed E-state index contributed by atoms with van der Waals surface area (Å²) in [5.74, 6) is 0. The van der Waals surface area contributed by atoms with E-state index in [1.165, 1.54) is 7.11 Å². The number of carbonyl (C=O) groups is 1. The van der Waals surface area contributed by atoms with Gasteiger partial charge in [-0.2, -0.15) is 0 Å². The highest BCUT2D eigenvalue weighted by Crippen LogP contribution is 1.96. The van der Waals surface area contributed by atoms with Gasteiger partial charge in [0, 0.05) is 6.20 Å². The molecule has 0 atom stereocenters. The van der Waals surface area contributed by atoms with Gasteiger partial charge in [0.1, 0.15) is 0 Å². The summed E-state index contributed by atoms with van der Waals surface area (Å²) >= 11 is 0. The predicted octanol–water partition coefficient (Wildman–Crippen LogP) is 0.672. The molecule has 72 valence electrons. The maximum absolute atomic E-state index is 8.95. The lowest BCUT2D eigenvalue weighted by Gasteiger charge is -1.93. The number of nitrogens with zero attached hydrogens (tertiary/aromatic N) is 1. The molecule has 0 bridgehead atoms. The molecule has 0 amide bonds. The third-order valence-electron chi connectivity index (χ3n) is 1.23. The van der Waals surface area contributed by atoms with E-state index in [2.05, 4.69) is 9.72 Å². The number of aliphatic hydroxyl groups is 1. The second-order valence-corrected chi connectivity index (χ2v) is 2.32. The van der Waals surface area contributed by atoms with Crippen molar-refractivity contribution in [2.75, 3.05) is 7.11 Å². The molecule has 0 saturated heterocycles. The number of hydrogen-bond donors (Lipinski definition) is 1. The van der Waals surface area contributed by atoms with Crippen LogP contribution in [0.4, 0.5) is 0 Å². The molecule has 0 unspecified atom stereocenters. The van der Waals surface area contributed by atoms with Crippen molar-refractivity contribution in [3.8, 4) is 0 Å². The Morgan fingerprint density at radius 1 is 1.62 bits per heavy atom. The summed E-state index contributed by atoms with van der Waals surface area (Å²) in [5, 5.41) is 8.57. The number of rotatable bonds is 2. The molecule has 0 spiro atoms. The fourth-order valence-electron chi connectivity index (χ4n) is 0.592. The fraction of sp³-hybridized carbons (Fsp3) is 0.333. The fourth-order valence-corrected chi connectivity index (χ4v) is 0.592. The van der Waals surface area contributed by atoms with Gasteiger partial charge in [0.25, 0.3) is 6.47 Å². The first-order chi connectivity index (χ1) is 6.24. The molecular weight excluding hydrogens is 170 g/mol. The summed E-state index contributed by atoms with van der Waals surface area (Å²) in [4.78, 5) is 12.9. The number of aliphatic hydroxyl groups excluding tert-OH is 1. The van der Waals surface area contributed by atoms with E-state index in [0.29, 0.717) is 6.47 Å². The van der Waals surface area contributed by atoms with Crippen LogP contribution in [-0.4, -0.2) is 23.7 Å². The van der Waals surface area contributed by atoms with Crippen molar-refractivity contribution < 1.29 is 14.6 Å². The second-order valence-electron chi connectivity index (χ2n) is 2.32. The lowest BCUT2D eigenvalue weighted by molar-refractivity contribution is -0.126. The molecule has 1 rings (SSSR count). The number of aromatic nitrogens is 1. The largest absolute Gasteiger partial charge is 0.471 e. The molecular formula is C9H13NO3. The van der Waals surface area contributed by atoms with E-state index >= 15 is 0 Å². The normalized spacial score (nSPS) is 8.23. The van der Waals surface area contributed by atoms with E-state index in [0.717, 1.165) is 11.3 Å². The van der Waals surface area contributed by atoms with Crippen LogP contribution in [0.5, 0.6) is 0 Å². The van der Waals surface area contributed by atoms with E-state index in [4.69, 9.17) is 9.90 Å². The number of aryl methyl sites for hydroxylation is 1. The van der Waals surface area contributed by atoms with Gasteiger partial charge in [0.2, 0.25) is 0 Å². The van der Waals surface area contributed by atoms with Gasteiger partial charge in [0.05, 0.1) is 19.4 Å². The van der Waals surface area contributed by atoms with E-state index in [9.17, 15) is 0 Å². The average Bonchev–Trinajstić information content (AvgIpc) is 2.19. The lowest BCUT2D eigenvalue weighted by atomic mass is 10.3. The number of ether oxygens (including phenoxy) is 1. The number of hydrogen-bond acceptors (Lipinski definition) is 4. The van der Waals surface area contributed by atoms with E-state index in [1.807, 2.05) is 19.1 Å². The van der Waals surface area contributed by atoms with Crippen LogP contribution in [0.2, 0.25) is 0 Å². The zero-order valence-electron chi connectivity index (χ0n) is 7.73. The summed E-state index contributed by atoms with van der Waals surface area (Å²) in [6, 6.07) is 3.74. The molecule has 0 aliphatic heterocycles. The van der Waals surface area contributed by atoms with Gasteiger partial charge < -0.3 is 9.84 Å². The van der Waals surface area contributed by atoms with Crippen molar-refractivity contribution in [3.05, 3.63) is 29.6 Å². The van der Waals surface area contributed by atoms with Gasteiger partial charge in [-0.15, -0.1) is 0 Å². The average molecular weight is 183 g/mol. The van der Waals surface area contributed by atoms with Crippen LogP contribution in [0.25, 0.3) is 0 Å². The zero-order chi connectivity index (χ0) is 10.1. The minimum absolute atomic E-state index is 0.0281. The highest BCUT2D eigenvalue weighted by molar-refractivity contribution is 5.36. The maximum Gasteiger partial charge on any atom is 0.292 e. The van der Waals surface area contributed by atoms with E-state index in [1.54, 1.807) is 6.20 Å². The molecule has 0 fully saturated rings. The van der Waals surface area contributed by atoms with Crippen molar-refractivity contribution >= 4 is 6.47 Å². The van der Waals surface area contributed by atoms with Crippen molar-refractivity contribution in [1.29, 1.82) is 0 Å². The highest BCUT2D eigenvalue weighted by Gasteiger charge is 1.87. The van der Waals surface area contributed by atoms with Crippen LogP contribution in [0.3, 0.4) is 0 Å². The minimum Gasteiger partial charge on any atom is -0.471 e. The minimum atomic E-state index is 0.0281. The molecule has 0 aliphatic carbocycles. The Hall–Kier alpha value is -1.42. The molecule has 4 heteroatoms. The van der Waals surface area contributed by atoms with Gasteiger partial charge in [-0.1, -0.05) is 6.07 Å². The molecule has 1 N–H and O–H groups in total. The summed E-state index contributed by atoms with van der Waals surface area (Å²) in [6.07, 6.45) is 1.74. The smallest absolute Gasteiger partial charge is 0.292 e. The van der Waals surface area contributed by atoms with Crippen LogP contribution in [-0.2, 0) is 16.1 Å². The van der Waals surface area contributed by atoms with Gasteiger partial charge in [-0.05, 0) is 18.6 Å². The van der Waals surface area contributed by atoms with Crippen molar-refractivity contribution in [3.63, 3.8) is 0 Å². The van der Waals surface area contributed by atoms with Crippen LogP contribution >= 0.6 is 0 Å². The Labute approximate surface area is 77.2 Å². The Balaban J connectivity index is 0.000000310. The number of carbonyl (C=O) groups excluding carboxylic acids is 1. The highest BCUT2D eigenvalue weighted by atomic mass is 16.5. The van der Waals surface area contributed by atoms with Gasteiger partial charge >= 0.3 is 0 Å². The van der Waals surface area contributed by atoms with Crippen LogP contribution < -0.4 is 0 Å². The zero-order valence-corrected chi connectivity index (χ0v) is 7.73. The van der Waals surface area contributed by atoms with Crippen LogP contribution in [0.15, 0.2) is 18.3 Å². The Morgan fingerprint density at radius 3 is 2.54 bits per heavy atom. The summed E-state index contributed by atoms with van der Waals surface area (Å²) < 4.78 is 3.86. The lowest BCUT2D eigenvalue weighted by Crippen LogP contribution is -1.87. The van der Waals surface area contributed by atoms with Gasteiger partial charge in [0.15, 0.2) is 0 Å². The first-order valence-corrected chi connectivity index (χ1v) is 3.73. The first-order valence-electron chi connectivity index (χ1n) is 3.73. The molecule has 4 nitrogen and oxygen atoms in total. The standard InChI is InChI=1S/C7H9NO.C2H4O2/c1-6-2-3-7(5-9)8-4-6;1-4-2-3/h2-4,9H,5H2,1H3;2H,1H3. The molecule has 1 aromatic rings. The monoisotopic (exact) mass is 183 g/mol. The van der Waals surface area contributed by atoms with Crippen molar-refractivity contribution in [2.24, 2.45) is 0 Å². The Morgan fingerprint density at radius 2 is 2.23 bits per heavy atom. The predicted molar refractivity (Wildman–Crippen MR) is 48.0 cm³/mol. The first kappa shape index (κ1) is 11.6. The Bertz CT molecular complexity index is 233. The molecule has 0 radical (unpaired) electrons. The summed E-state index contributed by atoms with van der Waals surface area (Å²) in [5.41, 5.74) is 1.84. The summed E-state index contributed by atoms with van der Waals surface area (Å²) in [6.45, 7) is 2.37. The number of pyridine rings is 1. The molecule has 13 heavy (non-hydrogen) atoms. The molecule has 0 aromatic carbocycles. The molecule has 0 aliphatic rings. The topological polar surface area (TPSA) is 59.4 Å². The molecule has 1 heterocycles. The van der Waals surface area contributed by atoms with Crippen LogP contribution in [0, 0.1) is 6.92 Å². The quantitative estimate of drug-likeness (QED) is 0.685. The SMILES string of the molecule is COC=O.Cc1ccc(CO)nc1. The van der Waals surface area contributed by atoms with Gasteiger partial charge in [-0.3, -0.25) is 9.78 Å². The second kappa shape index (κ2) is 7.24. The maximum atomic E-state index is 8.95. The third kappa shape index (κ3) is 5.81.